The zero-order chi connectivity index (χ0) is 13.8. The van der Waals surface area contributed by atoms with Crippen molar-refractivity contribution in [2.24, 2.45) is 5.10 Å². The van der Waals surface area contributed by atoms with Crippen molar-refractivity contribution in [3.63, 3.8) is 0 Å². The lowest BCUT2D eigenvalue weighted by Crippen LogP contribution is -2.13. The van der Waals surface area contributed by atoms with E-state index in [1.165, 1.54) is 12.3 Å². The Kier molecular flexibility index (Phi) is 3.85. The second kappa shape index (κ2) is 5.56. The van der Waals surface area contributed by atoms with Crippen LogP contribution in [0.1, 0.15) is 18.2 Å². The number of hydrazone groups is 1. The smallest absolute Gasteiger partial charge is 0.212 e. The maximum atomic E-state index is 12.8. The predicted octanol–water partition coefficient (Wildman–Crippen LogP) is 2.78. The first-order chi connectivity index (χ1) is 9.08. The van der Waals surface area contributed by atoms with Gasteiger partial charge in [-0.1, -0.05) is 0 Å². The lowest BCUT2D eigenvalue weighted by atomic mass is 10.1. The lowest BCUT2D eigenvalue weighted by Gasteiger charge is -2.14. The van der Waals surface area contributed by atoms with Crippen LogP contribution in [0.5, 0.6) is 0 Å². The van der Waals surface area contributed by atoms with Crippen LogP contribution in [-0.4, -0.2) is 22.7 Å². The summed E-state index contributed by atoms with van der Waals surface area (Å²) in [6, 6.07) is 6.79. The fraction of sp³-hybridized carbons (Fsp3) is 0.214. The minimum Gasteiger partial charge on any atom is -0.267 e. The van der Waals surface area contributed by atoms with Gasteiger partial charge in [-0.15, -0.1) is 0 Å². The molecule has 0 aromatic carbocycles. The van der Waals surface area contributed by atoms with Crippen LogP contribution in [0.3, 0.4) is 0 Å². The Bertz CT molecular complexity index is 593. The first kappa shape index (κ1) is 13.1. The number of halogens is 1. The van der Waals surface area contributed by atoms with Crippen molar-refractivity contribution in [2.45, 2.75) is 13.8 Å². The molecule has 2 rings (SSSR count). The van der Waals surface area contributed by atoms with E-state index in [2.05, 4.69) is 15.1 Å². The average Bonchev–Trinajstić information content (AvgIpc) is 2.39. The van der Waals surface area contributed by atoms with Crippen LogP contribution in [0.4, 0.5) is 10.1 Å². The van der Waals surface area contributed by atoms with E-state index in [4.69, 9.17) is 0 Å². The lowest BCUT2D eigenvalue weighted by molar-refractivity contribution is 0.583. The van der Waals surface area contributed by atoms with Crippen molar-refractivity contribution in [1.29, 1.82) is 0 Å². The number of pyridine rings is 2. The Balaban J connectivity index is 2.25. The zero-order valence-electron chi connectivity index (χ0n) is 11.1. The first-order valence-electron chi connectivity index (χ1n) is 5.90. The van der Waals surface area contributed by atoms with Gasteiger partial charge in [0.15, 0.2) is 0 Å². The minimum absolute atomic E-state index is 0.499. The van der Waals surface area contributed by atoms with Crippen molar-refractivity contribution in [3.05, 3.63) is 53.9 Å². The fourth-order valence-electron chi connectivity index (χ4n) is 1.76. The summed E-state index contributed by atoms with van der Waals surface area (Å²) in [5.41, 5.74) is 3.48. The average molecular weight is 258 g/mol. The molecule has 19 heavy (non-hydrogen) atoms. The van der Waals surface area contributed by atoms with Gasteiger partial charge in [-0.2, -0.15) is 9.49 Å². The quantitative estimate of drug-likeness (QED) is 0.483. The van der Waals surface area contributed by atoms with E-state index in [0.717, 1.165) is 22.7 Å². The highest BCUT2D eigenvalue weighted by Crippen LogP contribution is 2.13. The SMILES string of the molecule is C/C(=N\N(C)c1ccc(F)nc1)c1cccnc1C. The Morgan fingerprint density at radius 3 is 2.68 bits per heavy atom. The van der Waals surface area contributed by atoms with E-state index in [-0.39, 0.29) is 0 Å². The van der Waals surface area contributed by atoms with Crippen molar-refractivity contribution in [3.8, 4) is 0 Å². The van der Waals surface area contributed by atoms with Crippen molar-refractivity contribution < 1.29 is 4.39 Å². The molecule has 2 aromatic heterocycles. The highest BCUT2D eigenvalue weighted by Gasteiger charge is 2.05. The number of nitrogens with zero attached hydrogens (tertiary/aromatic N) is 4. The van der Waals surface area contributed by atoms with Crippen LogP contribution in [0, 0.1) is 12.9 Å². The standard InChI is InChI=1S/C14H15FN4/c1-10-13(5-4-8-16-10)11(2)18-19(3)12-6-7-14(15)17-9-12/h4-9H,1-3H3/b18-11+. The Hall–Kier alpha value is -2.30. The van der Waals surface area contributed by atoms with E-state index in [9.17, 15) is 4.39 Å². The van der Waals surface area contributed by atoms with Gasteiger partial charge in [0.25, 0.3) is 0 Å². The van der Waals surface area contributed by atoms with Gasteiger partial charge in [0.1, 0.15) is 0 Å². The largest absolute Gasteiger partial charge is 0.267 e. The maximum Gasteiger partial charge on any atom is 0.212 e. The zero-order valence-corrected chi connectivity index (χ0v) is 11.1. The molecule has 0 radical (unpaired) electrons. The molecule has 0 saturated heterocycles. The molecular weight excluding hydrogens is 243 g/mol. The number of aryl methyl sites for hydroxylation is 1. The molecule has 0 N–H and O–H groups in total. The second-order valence-electron chi connectivity index (χ2n) is 4.18. The molecule has 0 saturated carbocycles. The van der Waals surface area contributed by atoms with Gasteiger partial charge in [0.2, 0.25) is 5.95 Å². The summed E-state index contributed by atoms with van der Waals surface area (Å²) in [5, 5.41) is 6.12. The summed E-state index contributed by atoms with van der Waals surface area (Å²) in [6.45, 7) is 3.85. The van der Waals surface area contributed by atoms with Gasteiger partial charge < -0.3 is 0 Å². The van der Waals surface area contributed by atoms with Crippen LogP contribution in [0.25, 0.3) is 0 Å². The van der Waals surface area contributed by atoms with E-state index in [1.54, 1.807) is 24.3 Å². The molecule has 2 heterocycles. The predicted molar refractivity (Wildman–Crippen MR) is 73.8 cm³/mol. The van der Waals surface area contributed by atoms with Gasteiger partial charge in [-0.3, -0.25) is 9.99 Å². The van der Waals surface area contributed by atoms with E-state index < -0.39 is 5.95 Å². The Labute approximate surface area is 111 Å². The molecule has 98 valence electrons. The summed E-state index contributed by atoms with van der Waals surface area (Å²) >= 11 is 0. The van der Waals surface area contributed by atoms with Gasteiger partial charge in [0, 0.05) is 24.5 Å². The fourth-order valence-corrected chi connectivity index (χ4v) is 1.76. The Morgan fingerprint density at radius 2 is 2.05 bits per heavy atom. The highest BCUT2D eigenvalue weighted by atomic mass is 19.1. The maximum absolute atomic E-state index is 12.8. The van der Waals surface area contributed by atoms with E-state index in [0.29, 0.717) is 0 Å². The summed E-state index contributed by atoms with van der Waals surface area (Å²) in [4.78, 5) is 7.84. The van der Waals surface area contributed by atoms with Crippen molar-refractivity contribution in [2.75, 3.05) is 12.1 Å². The van der Waals surface area contributed by atoms with Gasteiger partial charge in [0.05, 0.1) is 17.6 Å². The van der Waals surface area contributed by atoms with E-state index >= 15 is 0 Å². The molecule has 0 aliphatic carbocycles. The van der Waals surface area contributed by atoms with Crippen LogP contribution in [-0.2, 0) is 0 Å². The number of hydrogen-bond acceptors (Lipinski definition) is 4. The van der Waals surface area contributed by atoms with Crippen molar-refractivity contribution in [1.82, 2.24) is 9.97 Å². The molecule has 5 heteroatoms. The van der Waals surface area contributed by atoms with Gasteiger partial charge >= 0.3 is 0 Å². The van der Waals surface area contributed by atoms with Crippen LogP contribution < -0.4 is 5.01 Å². The Morgan fingerprint density at radius 1 is 1.26 bits per heavy atom. The number of rotatable bonds is 3. The van der Waals surface area contributed by atoms with Crippen molar-refractivity contribution >= 4 is 11.4 Å². The summed E-state index contributed by atoms with van der Waals surface area (Å²) in [5.74, 6) is -0.499. The molecule has 0 unspecified atom stereocenters. The third kappa shape index (κ3) is 3.13. The summed E-state index contributed by atoms with van der Waals surface area (Å²) in [7, 11) is 1.80. The molecule has 0 spiro atoms. The van der Waals surface area contributed by atoms with Crippen LogP contribution >= 0.6 is 0 Å². The van der Waals surface area contributed by atoms with Gasteiger partial charge in [-0.05, 0) is 38.1 Å². The minimum atomic E-state index is -0.499. The third-order valence-corrected chi connectivity index (χ3v) is 2.78. The van der Waals surface area contributed by atoms with E-state index in [1.807, 2.05) is 26.0 Å². The van der Waals surface area contributed by atoms with Gasteiger partial charge in [-0.25, -0.2) is 4.98 Å². The molecule has 0 bridgehead atoms. The highest BCUT2D eigenvalue weighted by molar-refractivity contribution is 6.00. The topological polar surface area (TPSA) is 41.4 Å². The third-order valence-electron chi connectivity index (χ3n) is 2.78. The summed E-state index contributed by atoms with van der Waals surface area (Å²) < 4.78 is 12.8. The molecule has 4 nitrogen and oxygen atoms in total. The molecular formula is C14H15FN4. The molecule has 0 atom stereocenters. The van der Waals surface area contributed by atoms with Crippen LogP contribution in [0.2, 0.25) is 0 Å². The molecule has 0 amide bonds. The molecule has 0 aliphatic rings. The first-order valence-corrected chi connectivity index (χ1v) is 5.90. The molecule has 0 aliphatic heterocycles. The normalized spacial score (nSPS) is 11.5. The molecule has 2 aromatic rings. The van der Waals surface area contributed by atoms with Crippen LogP contribution in [0.15, 0.2) is 41.8 Å². The number of anilines is 1. The number of aromatic nitrogens is 2. The molecule has 0 fully saturated rings. The monoisotopic (exact) mass is 258 g/mol. The second-order valence-corrected chi connectivity index (χ2v) is 4.18. The summed E-state index contributed by atoms with van der Waals surface area (Å²) in [6.07, 6.45) is 3.20. The number of hydrogen-bond donors (Lipinski definition) is 0.